The van der Waals surface area contributed by atoms with Gasteiger partial charge >= 0.3 is 0 Å². The summed E-state index contributed by atoms with van der Waals surface area (Å²) in [6.45, 7) is 5.76. The highest BCUT2D eigenvalue weighted by atomic mass is 35.5. The van der Waals surface area contributed by atoms with Crippen molar-refractivity contribution < 1.29 is 9.90 Å². The predicted octanol–water partition coefficient (Wildman–Crippen LogP) is 2.05. The third-order valence-electron chi connectivity index (χ3n) is 7.21. The van der Waals surface area contributed by atoms with E-state index in [9.17, 15) is 14.7 Å². The second kappa shape index (κ2) is 11.0. The van der Waals surface area contributed by atoms with Gasteiger partial charge in [0.2, 0.25) is 5.88 Å². The molecule has 2 aliphatic rings. The molecule has 206 valence electrons. The molecule has 4 heterocycles. The van der Waals surface area contributed by atoms with Crippen molar-refractivity contribution >= 4 is 46.6 Å². The number of rotatable bonds is 6. The molecule has 1 aromatic carbocycles. The van der Waals surface area contributed by atoms with Gasteiger partial charge < -0.3 is 32.1 Å². The zero-order valence-electron chi connectivity index (χ0n) is 21.4. The van der Waals surface area contributed by atoms with E-state index < -0.39 is 22.9 Å². The lowest BCUT2D eigenvalue weighted by molar-refractivity contribution is 0.102. The van der Waals surface area contributed by atoms with Crippen LogP contribution in [0.1, 0.15) is 35.9 Å². The Bertz CT molecular complexity index is 1470. The minimum Gasteiger partial charge on any atom is -0.493 e. The lowest BCUT2D eigenvalue weighted by atomic mass is 9.80. The number of piperidine rings is 1. The number of nitrogens with zero attached hydrogens (tertiary/aromatic N) is 5. The smallest absolute Gasteiger partial charge is 0.270 e. The Morgan fingerprint density at radius 2 is 2.05 bits per heavy atom. The van der Waals surface area contributed by atoms with Crippen LogP contribution in [0.2, 0.25) is 5.02 Å². The molecule has 0 atom stereocenters. The van der Waals surface area contributed by atoms with Crippen molar-refractivity contribution in [1.82, 2.24) is 24.8 Å². The highest BCUT2D eigenvalue weighted by Crippen LogP contribution is 2.39. The van der Waals surface area contributed by atoms with Gasteiger partial charge in [0.25, 0.3) is 11.5 Å². The zero-order valence-corrected chi connectivity index (χ0v) is 23.0. The van der Waals surface area contributed by atoms with Gasteiger partial charge in [0.15, 0.2) is 11.4 Å². The van der Waals surface area contributed by atoms with Gasteiger partial charge in [-0.3, -0.25) is 14.2 Å². The van der Waals surface area contributed by atoms with Crippen molar-refractivity contribution in [3.05, 3.63) is 51.2 Å². The van der Waals surface area contributed by atoms with E-state index in [2.05, 4.69) is 37.4 Å². The second-order valence-electron chi connectivity index (χ2n) is 9.95. The molecule has 2 aliphatic heterocycles. The summed E-state index contributed by atoms with van der Waals surface area (Å²) in [6.07, 6.45) is 3.63. The van der Waals surface area contributed by atoms with E-state index in [0.717, 1.165) is 25.9 Å². The number of nitrogens with two attached hydrogens (primary N) is 2. The van der Waals surface area contributed by atoms with Crippen molar-refractivity contribution in [2.24, 2.45) is 11.1 Å². The Labute approximate surface area is 234 Å². The van der Waals surface area contributed by atoms with Gasteiger partial charge in [-0.25, -0.2) is 9.97 Å². The average molecular weight is 572 g/mol. The highest BCUT2D eigenvalue weighted by molar-refractivity contribution is 7.99. The van der Waals surface area contributed by atoms with E-state index >= 15 is 0 Å². The summed E-state index contributed by atoms with van der Waals surface area (Å²) >= 11 is 7.83. The first-order valence-corrected chi connectivity index (χ1v) is 13.8. The maximum Gasteiger partial charge on any atom is 0.270 e. The number of benzene rings is 1. The first kappa shape index (κ1) is 27.2. The molecule has 0 unspecified atom stereocenters. The number of carbonyl (C=O) groups excluding carboxylic acids is 1. The first-order valence-electron chi connectivity index (χ1n) is 12.6. The van der Waals surface area contributed by atoms with Crippen molar-refractivity contribution in [3.63, 3.8) is 0 Å². The quantitative estimate of drug-likeness (QED) is 0.292. The summed E-state index contributed by atoms with van der Waals surface area (Å²) in [7, 11) is 0. The van der Waals surface area contributed by atoms with Crippen LogP contribution in [0.25, 0.3) is 0 Å². The summed E-state index contributed by atoms with van der Waals surface area (Å²) < 4.78 is 1.38. The lowest BCUT2D eigenvalue weighted by Crippen LogP contribution is -2.42. The fourth-order valence-corrected chi connectivity index (χ4v) is 5.71. The molecule has 39 heavy (non-hydrogen) atoms. The molecule has 1 fully saturated rings. The number of halogens is 1. The number of fused-ring (bicyclic) bond motifs is 1. The Morgan fingerprint density at radius 1 is 1.28 bits per heavy atom. The molecule has 14 heteroatoms. The van der Waals surface area contributed by atoms with E-state index in [0.29, 0.717) is 47.7 Å². The number of anilines is 3. The van der Waals surface area contributed by atoms with Crippen LogP contribution >= 0.6 is 23.4 Å². The summed E-state index contributed by atoms with van der Waals surface area (Å²) in [5.41, 5.74) is 11.5. The van der Waals surface area contributed by atoms with Crippen LogP contribution in [0.4, 0.5) is 17.3 Å². The summed E-state index contributed by atoms with van der Waals surface area (Å²) in [4.78, 5) is 41.7. The van der Waals surface area contributed by atoms with Gasteiger partial charge in [0.1, 0.15) is 16.7 Å². The van der Waals surface area contributed by atoms with E-state index in [-0.39, 0.29) is 21.9 Å². The summed E-state index contributed by atoms with van der Waals surface area (Å²) in [5.74, 6) is -0.0838. The average Bonchev–Trinajstić information content (AvgIpc) is 2.92. The molecule has 7 N–H and O–H groups in total. The largest absolute Gasteiger partial charge is 0.493 e. The SMILES string of the molecule is CC1(CN)CCN(c2cnc(Sc3cccc(NC(=O)c4c(O)nc5n(c4=O)CCNC5)c3Cl)c(N)n2)CC1. The number of carbonyl (C=O) groups is 1. The van der Waals surface area contributed by atoms with Crippen LogP contribution in [0.15, 0.2) is 39.1 Å². The van der Waals surface area contributed by atoms with Crippen LogP contribution in [-0.4, -0.2) is 56.7 Å². The van der Waals surface area contributed by atoms with Gasteiger partial charge in [0, 0.05) is 31.1 Å². The lowest BCUT2D eigenvalue weighted by Gasteiger charge is -2.39. The molecule has 0 aliphatic carbocycles. The monoisotopic (exact) mass is 571 g/mol. The van der Waals surface area contributed by atoms with Gasteiger partial charge in [-0.15, -0.1) is 0 Å². The Hall–Kier alpha value is -3.39. The third-order valence-corrected chi connectivity index (χ3v) is 8.80. The second-order valence-corrected chi connectivity index (χ2v) is 11.4. The van der Waals surface area contributed by atoms with Crippen molar-refractivity contribution in [1.29, 1.82) is 0 Å². The topological polar surface area (TPSA) is 177 Å². The number of nitrogens with one attached hydrogen (secondary N) is 2. The van der Waals surface area contributed by atoms with Crippen molar-refractivity contribution in [2.45, 2.75) is 42.8 Å². The molecule has 0 radical (unpaired) electrons. The molecule has 1 amide bonds. The number of nitrogen functional groups attached to an aromatic ring is 1. The van der Waals surface area contributed by atoms with Crippen LogP contribution in [0.5, 0.6) is 5.88 Å². The van der Waals surface area contributed by atoms with Crippen LogP contribution in [0, 0.1) is 5.41 Å². The number of hydrogen-bond acceptors (Lipinski definition) is 11. The number of amides is 1. The highest BCUT2D eigenvalue weighted by Gasteiger charge is 2.30. The zero-order chi connectivity index (χ0) is 27.7. The van der Waals surface area contributed by atoms with E-state index in [4.69, 9.17) is 23.1 Å². The first-order chi connectivity index (χ1) is 18.7. The summed E-state index contributed by atoms with van der Waals surface area (Å²) in [5, 5.41) is 16.7. The predicted molar refractivity (Wildman–Crippen MR) is 150 cm³/mol. The fraction of sp³-hybridized carbons (Fsp3) is 0.400. The molecule has 0 spiro atoms. The van der Waals surface area contributed by atoms with Crippen molar-refractivity contribution in [3.8, 4) is 5.88 Å². The standard InChI is InChI=1S/C25H30ClN9O3S/c1-25(13-27)5-8-34(9-6-25)16-12-30-23(20(28)32-16)39-15-4-2-3-14(19(15)26)31-21(36)18-22(37)33-17-11-29-7-10-35(17)24(18)38/h2-4,12,29,37H,5-11,13,27H2,1H3,(H2,28,32)(H,31,36). The molecular formula is C25H30ClN9O3S. The Morgan fingerprint density at radius 3 is 2.77 bits per heavy atom. The maximum atomic E-state index is 13.0. The third kappa shape index (κ3) is 5.53. The van der Waals surface area contributed by atoms with Gasteiger partial charge in [-0.1, -0.05) is 36.4 Å². The van der Waals surface area contributed by atoms with E-state index in [1.807, 2.05) is 0 Å². The molecular weight excluding hydrogens is 542 g/mol. The molecule has 2 aromatic heterocycles. The van der Waals surface area contributed by atoms with Crippen LogP contribution in [0.3, 0.4) is 0 Å². The van der Waals surface area contributed by atoms with Gasteiger partial charge in [0.05, 0.1) is 23.5 Å². The van der Waals surface area contributed by atoms with Crippen molar-refractivity contribution in [2.75, 3.05) is 42.1 Å². The minimum atomic E-state index is -0.807. The minimum absolute atomic E-state index is 0.142. The summed E-state index contributed by atoms with van der Waals surface area (Å²) in [6, 6.07) is 5.06. The number of aromatic nitrogens is 4. The normalized spacial score (nSPS) is 16.5. The molecule has 12 nitrogen and oxygen atoms in total. The molecule has 0 saturated carbocycles. The Balaban J connectivity index is 1.32. The van der Waals surface area contributed by atoms with Gasteiger partial charge in [-0.05, 0) is 36.9 Å². The molecule has 0 bridgehead atoms. The van der Waals surface area contributed by atoms with E-state index in [1.165, 1.54) is 16.3 Å². The Kier molecular flexibility index (Phi) is 7.67. The molecule has 3 aromatic rings. The van der Waals surface area contributed by atoms with Gasteiger partial charge in [-0.2, -0.15) is 4.98 Å². The molecule has 1 saturated heterocycles. The fourth-order valence-electron chi connectivity index (χ4n) is 4.61. The molecule has 5 rings (SSSR count). The van der Waals surface area contributed by atoms with Crippen LogP contribution < -0.4 is 32.6 Å². The number of aromatic hydroxyl groups is 1. The van der Waals surface area contributed by atoms with E-state index in [1.54, 1.807) is 24.4 Å². The van der Waals surface area contributed by atoms with Crippen LogP contribution in [-0.2, 0) is 13.1 Å². The maximum absolute atomic E-state index is 13.0. The number of hydrogen-bond donors (Lipinski definition) is 5.